The van der Waals surface area contributed by atoms with Crippen molar-refractivity contribution in [3.8, 4) is 0 Å². The molecule has 1 N–H and O–H groups in total. The molecule has 2 aliphatic heterocycles. The molecule has 0 unspecified atom stereocenters. The third-order valence-electron chi connectivity index (χ3n) is 6.21. The second-order valence-electron chi connectivity index (χ2n) is 7.71. The number of fused-ring (bicyclic) bond motifs is 1. The van der Waals surface area contributed by atoms with Crippen LogP contribution >= 0.6 is 12.4 Å². The van der Waals surface area contributed by atoms with Crippen molar-refractivity contribution in [2.45, 2.75) is 37.3 Å². The largest absolute Gasteiger partial charge is 0.416 e. The Labute approximate surface area is 157 Å². The summed E-state index contributed by atoms with van der Waals surface area (Å²) in [6.45, 7) is 3.49. The van der Waals surface area contributed by atoms with E-state index in [9.17, 15) is 18.0 Å². The van der Waals surface area contributed by atoms with Gasteiger partial charge in [-0.25, -0.2) is 0 Å². The standard InChI is InChI=1S/C19H23F3N2O.ClH/c20-19(21,22)16-3-1-2-15(10-16)18(6-7-18)17(25)24-8-4-13-11-23-12-14(13)5-9-24;/h1-3,10,13-14,23H,4-9,11-12H2;1H/t13-,14+;. The number of nitrogens with one attached hydrogen (secondary N) is 1. The molecule has 0 radical (unpaired) electrons. The Balaban J connectivity index is 0.00000196. The molecular weight excluding hydrogens is 365 g/mol. The van der Waals surface area contributed by atoms with E-state index in [1.54, 1.807) is 6.07 Å². The zero-order chi connectivity index (χ0) is 17.7. The van der Waals surface area contributed by atoms with Gasteiger partial charge in [0.05, 0.1) is 11.0 Å². The zero-order valence-electron chi connectivity index (χ0n) is 14.5. The topological polar surface area (TPSA) is 32.3 Å². The van der Waals surface area contributed by atoms with Gasteiger partial charge in [0.25, 0.3) is 0 Å². The number of carbonyl (C=O) groups excluding carboxylic acids is 1. The summed E-state index contributed by atoms with van der Waals surface area (Å²) in [5.74, 6) is 1.28. The highest BCUT2D eigenvalue weighted by Gasteiger charge is 2.53. The number of hydrogen-bond acceptors (Lipinski definition) is 2. The number of carbonyl (C=O) groups is 1. The van der Waals surface area contributed by atoms with E-state index < -0.39 is 17.2 Å². The lowest BCUT2D eigenvalue weighted by molar-refractivity contribution is -0.138. The molecule has 1 aromatic rings. The molecule has 1 aromatic carbocycles. The van der Waals surface area contributed by atoms with Crippen LogP contribution in [0.2, 0.25) is 0 Å². The predicted molar refractivity (Wildman–Crippen MR) is 95.3 cm³/mol. The van der Waals surface area contributed by atoms with Gasteiger partial charge in [0.2, 0.25) is 5.91 Å². The molecule has 2 heterocycles. The molecule has 0 spiro atoms. The molecule has 7 heteroatoms. The smallest absolute Gasteiger partial charge is 0.342 e. The van der Waals surface area contributed by atoms with Crippen molar-refractivity contribution in [3.63, 3.8) is 0 Å². The molecule has 2 atom stereocenters. The molecule has 26 heavy (non-hydrogen) atoms. The fourth-order valence-electron chi connectivity index (χ4n) is 4.47. The molecule has 3 nitrogen and oxygen atoms in total. The normalized spacial score (nSPS) is 27.3. The Morgan fingerprint density at radius 1 is 1.12 bits per heavy atom. The molecule has 1 aliphatic carbocycles. The second-order valence-corrected chi connectivity index (χ2v) is 7.71. The first-order chi connectivity index (χ1) is 11.9. The van der Waals surface area contributed by atoms with E-state index >= 15 is 0 Å². The molecule has 144 valence electrons. The van der Waals surface area contributed by atoms with Gasteiger partial charge in [0, 0.05) is 13.1 Å². The summed E-state index contributed by atoms with van der Waals surface area (Å²) >= 11 is 0. The van der Waals surface area contributed by atoms with E-state index in [4.69, 9.17) is 0 Å². The van der Waals surface area contributed by atoms with Crippen molar-refractivity contribution < 1.29 is 18.0 Å². The highest BCUT2D eigenvalue weighted by atomic mass is 35.5. The Morgan fingerprint density at radius 3 is 2.27 bits per heavy atom. The third kappa shape index (κ3) is 3.46. The fourth-order valence-corrected chi connectivity index (χ4v) is 4.47. The SMILES string of the molecule is Cl.O=C(N1CC[C@@H]2CNC[C@@H]2CC1)C1(c2cccc(C(F)(F)F)c2)CC1. The van der Waals surface area contributed by atoms with E-state index in [0.717, 1.165) is 45.1 Å². The highest BCUT2D eigenvalue weighted by molar-refractivity contribution is 5.91. The second kappa shape index (κ2) is 7.04. The average Bonchev–Trinajstić information content (AvgIpc) is 3.33. The van der Waals surface area contributed by atoms with Crippen LogP contribution in [0.15, 0.2) is 24.3 Å². The van der Waals surface area contributed by atoms with E-state index in [-0.39, 0.29) is 18.3 Å². The van der Waals surface area contributed by atoms with Crippen LogP contribution in [-0.4, -0.2) is 37.0 Å². The molecule has 4 rings (SSSR count). The molecule has 1 saturated carbocycles. The van der Waals surface area contributed by atoms with Crippen LogP contribution in [0, 0.1) is 11.8 Å². The number of alkyl halides is 3. The van der Waals surface area contributed by atoms with Crippen LogP contribution in [-0.2, 0) is 16.4 Å². The number of amides is 1. The first-order valence-corrected chi connectivity index (χ1v) is 9.08. The number of benzene rings is 1. The van der Waals surface area contributed by atoms with Crippen LogP contribution in [0.25, 0.3) is 0 Å². The van der Waals surface area contributed by atoms with Crippen molar-refractivity contribution in [3.05, 3.63) is 35.4 Å². The van der Waals surface area contributed by atoms with Gasteiger partial charge in [-0.3, -0.25) is 4.79 Å². The number of nitrogens with zero attached hydrogens (tertiary/aromatic N) is 1. The quantitative estimate of drug-likeness (QED) is 0.839. The molecule has 3 fully saturated rings. The van der Waals surface area contributed by atoms with Gasteiger partial charge in [-0.05, 0) is 62.2 Å². The van der Waals surface area contributed by atoms with Gasteiger partial charge in [-0.1, -0.05) is 18.2 Å². The van der Waals surface area contributed by atoms with Crippen molar-refractivity contribution in [2.24, 2.45) is 11.8 Å². The van der Waals surface area contributed by atoms with Gasteiger partial charge in [-0.15, -0.1) is 12.4 Å². The van der Waals surface area contributed by atoms with Crippen molar-refractivity contribution in [1.82, 2.24) is 10.2 Å². The van der Waals surface area contributed by atoms with Crippen molar-refractivity contribution >= 4 is 18.3 Å². The van der Waals surface area contributed by atoms with Gasteiger partial charge < -0.3 is 10.2 Å². The minimum Gasteiger partial charge on any atom is -0.342 e. The summed E-state index contributed by atoms with van der Waals surface area (Å²) in [5.41, 5.74) is -0.863. The zero-order valence-corrected chi connectivity index (χ0v) is 15.3. The van der Waals surface area contributed by atoms with Crippen LogP contribution < -0.4 is 5.32 Å². The Morgan fingerprint density at radius 2 is 1.73 bits per heavy atom. The van der Waals surface area contributed by atoms with E-state index in [1.165, 1.54) is 12.1 Å². The summed E-state index contributed by atoms with van der Waals surface area (Å²) in [4.78, 5) is 15.1. The maximum atomic E-state index is 13.1. The minimum atomic E-state index is -4.37. The lowest BCUT2D eigenvalue weighted by Gasteiger charge is -2.27. The Hall–Kier alpha value is -1.27. The number of likely N-dealkylation sites (tertiary alicyclic amines) is 1. The fraction of sp³-hybridized carbons (Fsp3) is 0.632. The maximum Gasteiger partial charge on any atom is 0.416 e. The van der Waals surface area contributed by atoms with Crippen LogP contribution in [0.3, 0.4) is 0 Å². The van der Waals surface area contributed by atoms with Gasteiger partial charge in [0.1, 0.15) is 0 Å². The highest BCUT2D eigenvalue weighted by Crippen LogP contribution is 2.50. The first-order valence-electron chi connectivity index (χ1n) is 9.08. The monoisotopic (exact) mass is 388 g/mol. The van der Waals surface area contributed by atoms with E-state index in [0.29, 0.717) is 30.2 Å². The lowest BCUT2D eigenvalue weighted by atomic mass is 9.92. The van der Waals surface area contributed by atoms with Gasteiger partial charge >= 0.3 is 6.18 Å². The number of rotatable bonds is 2. The average molecular weight is 389 g/mol. The maximum absolute atomic E-state index is 13.1. The summed E-state index contributed by atoms with van der Waals surface area (Å²) in [7, 11) is 0. The summed E-state index contributed by atoms with van der Waals surface area (Å²) in [6, 6.07) is 5.34. The number of hydrogen-bond donors (Lipinski definition) is 1. The first kappa shape index (κ1) is 19.5. The summed E-state index contributed by atoms with van der Waals surface area (Å²) in [5, 5.41) is 3.41. The van der Waals surface area contributed by atoms with E-state index in [1.807, 2.05) is 4.90 Å². The minimum absolute atomic E-state index is 0. The summed E-state index contributed by atoms with van der Waals surface area (Å²) < 4.78 is 39.0. The van der Waals surface area contributed by atoms with Crippen LogP contribution in [0.1, 0.15) is 36.8 Å². The molecular formula is C19H24ClF3N2O. The van der Waals surface area contributed by atoms with Gasteiger partial charge in [0.15, 0.2) is 0 Å². The third-order valence-corrected chi connectivity index (χ3v) is 6.21. The van der Waals surface area contributed by atoms with Crippen LogP contribution in [0.5, 0.6) is 0 Å². The van der Waals surface area contributed by atoms with Crippen LogP contribution in [0.4, 0.5) is 13.2 Å². The predicted octanol–water partition coefficient (Wildman–Crippen LogP) is 3.62. The van der Waals surface area contributed by atoms with Gasteiger partial charge in [-0.2, -0.15) is 13.2 Å². The molecule has 2 saturated heterocycles. The van der Waals surface area contributed by atoms with Crippen molar-refractivity contribution in [2.75, 3.05) is 26.2 Å². The van der Waals surface area contributed by atoms with Crippen molar-refractivity contribution in [1.29, 1.82) is 0 Å². The summed E-state index contributed by atoms with van der Waals surface area (Å²) in [6.07, 6.45) is -1.09. The molecule has 3 aliphatic rings. The Bertz CT molecular complexity index is 661. The lowest BCUT2D eigenvalue weighted by Crippen LogP contribution is -2.40. The number of halogens is 4. The Kier molecular flexibility index (Phi) is 5.28. The van der Waals surface area contributed by atoms with E-state index in [2.05, 4.69) is 5.32 Å². The molecule has 0 aromatic heterocycles. The molecule has 0 bridgehead atoms. The molecule has 1 amide bonds.